The first-order chi connectivity index (χ1) is 32.1. The molecule has 4 aliphatic rings. The highest BCUT2D eigenvalue weighted by Crippen LogP contribution is 2.44. The molecule has 2 aliphatic heterocycles. The Bertz CT molecular complexity index is 3520. The van der Waals surface area contributed by atoms with Crippen LogP contribution in [0.25, 0.3) is 66.8 Å². The molecule has 4 aromatic rings. The molecule has 2 heterocycles. The summed E-state index contributed by atoms with van der Waals surface area (Å²) in [6.45, 7) is 1.76. The van der Waals surface area contributed by atoms with Gasteiger partial charge in [-0.2, -0.15) is 0 Å². The minimum atomic E-state index is -1.41. The number of anilines is 1. The molecule has 0 spiro atoms. The fourth-order valence-corrected chi connectivity index (χ4v) is 7.87. The van der Waals surface area contributed by atoms with Crippen LogP contribution in [-0.4, -0.2) is 77.3 Å². The standard InChI is InChI=1S/C51H38N4O12/c1-4-52-28-9-14-33-41(22-28)66-42-23-29(55(2)3)10-15-34(42)45(33)31-12-7-26(20-37(31)50(62)63)48(59)53-19-5-6-44(58)54-25-39-40(57)18-17-36-46(35-16-11-30(56)24-43(35)67-47(36)39)32-13-8-27(49(60)61)21-38(32)51(64)65/h7-18,20-24,56H,4,19,25H2,1-3H3,(H,53,59)(H,54,58)(H,60,61)(H,62,63)(H,64,65)/b52-28+. The summed E-state index contributed by atoms with van der Waals surface area (Å²) in [5.74, 6) is -0.351. The van der Waals surface area contributed by atoms with Crippen molar-refractivity contribution in [1.29, 1.82) is 0 Å². The summed E-state index contributed by atoms with van der Waals surface area (Å²) < 4.78 is 12.4. The first kappa shape index (κ1) is 44.4. The van der Waals surface area contributed by atoms with Gasteiger partial charge in [0.2, 0.25) is 0 Å². The zero-order chi connectivity index (χ0) is 47.7. The Kier molecular flexibility index (Phi) is 12.0. The lowest BCUT2D eigenvalue weighted by Gasteiger charge is -2.19. The molecule has 0 atom stereocenters. The number of phenols is 1. The summed E-state index contributed by atoms with van der Waals surface area (Å²) in [5, 5.41) is 47.2. The van der Waals surface area contributed by atoms with E-state index in [9.17, 15) is 49.2 Å². The van der Waals surface area contributed by atoms with Gasteiger partial charge in [0.15, 0.2) is 5.43 Å². The maximum absolute atomic E-state index is 13.3. The van der Waals surface area contributed by atoms with Crippen LogP contribution in [0.15, 0.2) is 122 Å². The van der Waals surface area contributed by atoms with Crippen LogP contribution in [0.3, 0.4) is 0 Å². The van der Waals surface area contributed by atoms with Gasteiger partial charge < -0.3 is 44.8 Å². The second kappa shape index (κ2) is 18.1. The molecular weight excluding hydrogens is 861 g/mol. The quantitative estimate of drug-likeness (QED) is 0.0571. The van der Waals surface area contributed by atoms with Crippen LogP contribution in [0, 0.1) is 11.8 Å². The van der Waals surface area contributed by atoms with Crippen molar-refractivity contribution in [3.63, 3.8) is 0 Å². The summed E-state index contributed by atoms with van der Waals surface area (Å²) in [7, 11) is 3.79. The van der Waals surface area contributed by atoms with Gasteiger partial charge in [0.25, 0.3) is 11.8 Å². The number of carbonyl (C=O) groups is 5. The fourth-order valence-electron chi connectivity index (χ4n) is 7.87. The third-order valence-electron chi connectivity index (χ3n) is 11.0. The van der Waals surface area contributed by atoms with E-state index in [-0.39, 0.29) is 68.1 Å². The third kappa shape index (κ3) is 8.72. The van der Waals surface area contributed by atoms with Gasteiger partial charge in [-0.05, 0) is 96.8 Å². The molecule has 67 heavy (non-hydrogen) atoms. The van der Waals surface area contributed by atoms with Gasteiger partial charge in [0, 0.05) is 83.1 Å². The SMILES string of the molecule is CC/N=c1\ccc2c(-c3ccc(C(=O)NCC#CC(=O)NCc4c5oc6cc(O)ccc6c(-c6ccc(C(=O)O)cc6C(=O)O)c-5ccc4=O)cc3C(=O)O)c3ccc(N(C)C)cc3oc-2c1. The number of aromatic hydroxyl groups is 1. The summed E-state index contributed by atoms with van der Waals surface area (Å²) in [5.41, 5.74) is 2.39. The normalized spacial score (nSPS) is 11.4. The van der Waals surface area contributed by atoms with Gasteiger partial charge in [0.05, 0.1) is 40.7 Å². The van der Waals surface area contributed by atoms with Crippen LogP contribution in [0.4, 0.5) is 5.69 Å². The third-order valence-corrected chi connectivity index (χ3v) is 11.0. The Labute approximate surface area is 379 Å². The zero-order valence-corrected chi connectivity index (χ0v) is 35.9. The first-order valence-electron chi connectivity index (χ1n) is 20.6. The summed E-state index contributed by atoms with van der Waals surface area (Å²) in [6.07, 6.45) is 0. The van der Waals surface area contributed by atoms with Crippen LogP contribution in [0.1, 0.15) is 53.9 Å². The average molecular weight is 899 g/mol. The van der Waals surface area contributed by atoms with E-state index in [1.54, 1.807) is 12.1 Å². The highest BCUT2D eigenvalue weighted by Gasteiger charge is 2.27. The molecule has 0 aromatic heterocycles. The van der Waals surface area contributed by atoms with Gasteiger partial charge in [0.1, 0.15) is 28.4 Å². The molecule has 2 amide bonds. The molecular formula is C51H38N4O12. The Morgan fingerprint density at radius 1 is 0.672 bits per heavy atom. The molecule has 0 unspecified atom stereocenters. The van der Waals surface area contributed by atoms with Crippen molar-refractivity contribution in [2.24, 2.45) is 4.99 Å². The lowest BCUT2D eigenvalue weighted by atomic mass is 9.88. The van der Waals surface area contributed by atoms with E-state index in [0.717, 1.165) is 11.8 Å². The number of aromatic carboxylic acids is 3. The Morgan fingerprint density at radius 3 is 1.97 bits per heavy atom. The van der Waals surface area contributed by atoms with Gasteiger partial charge >= 0.3 is 17.9 Å². The summed E-state index contributed by atoms with van der Waals surface area (Å²) in [6, 6.07) is 25.7. The summed E-state index contributed by atoms with van der Waals surface area (Å²) in [4.78, 5) is 82.9. The predicted molar refractivity (Wildman–Crippen MR) is 248 cm³/mol. The number of nitrogens with one attached hydrogen (secondary N) is 2. The van der Waals surface area contributed by atoms with Crippen LogP contribution in [0.5, 0.6) is 5.75 Å². The van der Waals surface area contributed by atoms with Crippen molar-refractivity contribution in [2.45, 2.75) is 13.5 Å². The van der Waals surface area contributed by atoms with E-state index in [0.29, 0.717) is 50.7 Å². The first-order valence-corrected chi connectivity index (χ1v) is 20.6. The molecule has 0 saturated heterocycles. The van der Waals surface area contributed by atoms with Crippen molar-refractivity contribution in [1.82, 2.24) is 10.6 Å². The molecule has 8 rings (SSSR count). The Hall–Kier alpha value is -9.23. The van der Waals surface area contributed by atoms with Gasteiger partial charge in [-0.3, -0.25) is 19.4 Å². The molecule has 4 aromatic carbocycles. The number of phenolic OH excluding ortho intramolecular Hbond substituents is 1. The van der Waals surface area contributed by atoms with E-state index in [1.807, 2.05) is 56.3 Å². The van der Waals surface area contributed by atoms with Crippen molar-refractivity contribution >= 4 is 57.3 Å². The number of carboxylic acid groups (broad SMARTS) is 3. The highest BCUT2D eigenvalue weighted by atomic mass is 16.4. The number of carbonyl (C=O) groups excluding carboxylic acids is 2. The van der Waals surface area contributed by atoms with Gasteiger partial charge in [-0.25, -0.2) is 14.4 Å². The van der Waals surface area contributed by atoms with Crippen molar-refractivity contribution in [3.8, 4) is 62.5 Å². The monoisotopic (exact) mass is 898 g/mol. The van der Waals surface area contributed by atoms with E-state index in [1.165, 1.54) is 54.6 Å². The number of rotatable bonds is 11. The maximum atomic E-state index is 13.3. The Balaban J connectivity index is 1.03. The largest absolute Gasteiger partial charge is 0.508 e. The molecule has 0 bridgehead atoms. The smallest absolute Gasteiger partial charge is 0.336 e. The summed E-state index contributed by atoms with van der Waals surface area (Å²) >= 11 is 0. The van der Waals surface area contributed by atoms with Crippen molar-refractivity contribution in [2.75, 3.05) is 32.1 Å². The van der Waals surface area contributed by atoms with Gasteiger partial charge in [-0.1, -0.05) is 18.1 Å². The second-order valence-electron chi connectivity index (χ2n) is 15.4. The minimum Gasteiger partial charge on any atom is -0.508 e. The highest BCUT2D eigenvalue weighted by molar-refractivity contribution is 6.11. The number of fused-ring (bicyclic) bond motifs is 4. The zero-order valence-electron chi connectivity index (χ0n) is 35.9. The molecule has 334 valence electrons. The number of carboxylic acids is 3. The second-order valence-corrected chi connectivity index (χ2v) is 15.4. The van der Waals surface area contributed by atoms with Crippen LogP contribution in [0.2, 0.25) is 0 Å². The van der Waals surface area contributed by atoms with E-state index >= 15 is 0 Å². The van der Waals surface area contributed by atoms with Crippen molar-refractivity contribution in [3.05, 3.63) is 147 Å². The number of hydrogen-bond acceptors (Lipinski definition) is 11. The molecule has 16 nitrogen and oxygen atoms in total. The molecule has 0 radical (unpaired) electrons. The lowest BCUT2D eigenvalue weighted by molar-refractivity contribution is -0.115. The average Bonchev–Trinajstić information content (AvgIpc) is 3.30. The lowest BCUT2D eigenvalue weighted by Crippen LogP contribution is -2.26. The molecule has 2 aliphatic carbocycles. The maximum Gasteiger partial charge on any atom is 0.336 e. The molecule has 16 heteroatoms. The molecule has 0 fully saturated rings. The molecule has 6 N–H and O–H groups in total. The van der Waals surface area contributed by atoms with Crippen LogP contribution in [-0.2, 0) is 11.3 Å². The molecule has 0 saturated carbocycles. The Morgan fingerprint density at radius 2 is 1.30 bits per heavy atom. The fraction of sp³-hybridized carbons (Fsp3) is 0.118. The number of hydrogen-bond donors (Lipinski definition) is 6. The van der Waals surface area contributed by atoms with E-state index in [4.69, 9.17) is 8.83 Å². The van der Waals surface area contributed by atoms with Crippen LogP contribution < -0.4 is 26.3 Å². The van der Waals surface area contributed by atoms with E-state index < -0.39 is 41.7 Å². The minimum absolute atomic E-state index is 0.0248. The van der Waals surface area contributed by atoms with Gasteiger partial charge in [-0.15, -0.1) is 0 Å². The number of benzene rings is 6. The predicted octanol–water partition coefficient (Wildman–Crippen LogP) is 6.92. The topological polar surface area (TPSA) is 249 Å². The number of nitrogens with zero attached hydrogens (tertiary/aromatic N) is 2. The number of amides is 2. The van der Waals surface area contributed by atoms with E-state index in [2.05, 4.69) is 27.5 Å². The van der Waals surface area contributed by atoms with Crippen LogP contribution >= 0.6 is 0 Å². The van der Waals surface area contributed by atoms with Crippen molar-refractivity contribution < 1.29 is 53.2 Å².